The standard InChI is InChI=1S/C9H7BrFNO3/c10-5-1-2-6(7(11)3-5)9(15)12-4-8(13)14/h1-3H,4H2,(H,12,15)(H,13,14). The molecule has 0 spiro atoms. The average Bonchev–Trinajstić information content (AvgIpc) is 2.14. The van der Waals surface area contributed by atoms with E-state index in [2.05, 4.69) is 21.2 Å². The second kappa shape index (κ2) is 4.88. The third kappa shape index (κ3) is 3.32. The number of carbonyl (C=O) groups excluding carboxylic acids is 1. The van der Waals surface area contributed by atoms with Crippen molar-refractivity contribution >= 4 is 27.8 Å². The summed E-state index contributed by atoms with van der Waals surface area (Å²) in [7, 11) is 0. The zero-order valence-corrected chi connectivity index (χ0v) is 9.04. The van der Waals surface area contributed by atoms with Crippen LogP contribution in [0.15, 0.2) is 22.7 Å². The SMILES string of the molecule is O=C(O)CNC(=O)c1ccc(Br)cc1F. The topological polar surface area (TPSA) is 66.4 Å². The zero-order chi connectivity index (χ0) is 11.4. The predicted molar refractivity (Wildman–Crippen MR) is 54.1 cm³/mol. The Kier molecular flexibility index (Phi) is 3.79. The molecule has 0 fully saturated rings. The van der Waals surface area contributed by atoms with Crippen molar-refractivity contribution in [3.63, 3.8) is 0 Å². The first-order valence-electron chi connectivity index (χ1n) is 3.95. The minimum absolute atomic E-state index is 0.181. The van der Waals surface area contributed by atoms with Gasteiger partial charge in [0.25, 0.3) is 5.91 Å². The molecule has 80 valence electrons. The normalized spacial score (nSPS) is 9.73. The second-order valence-electron chi connectivity index (χ2n) is 2.70. The molecule has 1 amide bonds. The molecule has 1 aromatic rings. The molecule has 0 radical (unpaired) electrons. The van der Waals surface area contributed by atoms with Crippen molar-refractivity contribution in [2.45, 2.75) is 0 Å². The van der Waals surface area contributed by atoms with Crippen molar-refractivity contribution in [1.29, 1.82) is 0 Å². The van der Waals surface area contributed by atoms with Crippen LogP contribution in [0, 0.1) is 5.82 Å². The summed E-state index contributed by atoms with van der Waals surface area (Å²) in [5, 5.41) is 10.4. The number of carbonyl (C=O) groups is 2. The van der Waals surface area contributed by atoms with Crippen molar-refractivity contribution in [2.75, 3.05) is 6.54 Å². The van der Waals surface area contributed by atoms with Crippen LogP contribution in [0.25, 0.3) is 0 Å². The Hall–Kier alpha value is -1.43. The van der Waals surface area contributed by atoms with Crippen molar-refractivity contribution in [2.24, 2.45) is 0 Å². The first-order valence-corrected chi connectivity index (χ1v) is 4.75. The van der Waals surface area contributed by atoms with E-state index in [0.29, 0.717) is 4.47 Å². The van der Waals surface area contributed by atoms with E-state index < -0.39 is 24.2 Å². The molecule has 0 aromatic heterocycles. The quantitative estimate of drug-likeness (QED) is 0.877. The number of aliphatic carboxylic acids is 1. The van der Waals surface area contributed by atoms with E-state index in [9.17, 15) is 14.0 Å². The van der Waals surface area contributed by atoms with Gasteiger partial charge >= 0.3 is 5.97 Å². The highest BCUT2D eigenvalue weighted by Gasteiger charge is 2.12. The summed E-state index contributed by atoms with van der Waals surface area (Å²) in [6, 6.07) is 3.91. The molecule has 2 N–H and O–H groups in total. The lowest BCUT2D eigenvalue weighted by Crippen LogP contribution is -2.29. The summed E-state index contributed by atoms with van der Waals surface area (Å²) in [6.45, 7) is -0.533. The molecular weight excluding hydrogens is 269 g/mol. The molecular formula is C9H7BrFNO3. The zero-order valence-electron chi connectivity index (χ0n) is 7.46. The summed E-state index contributed by atoms with van der Waals surface area (Å²) in [4.78, 5) is 21.4. The Bertz CT molecular complexity index is 408. The smallest absolute Gasteiger partial charge is 0.322 e. The van der Waals surface area contributed by atoms with E-state index in [1.165, 1.54) is 12.1 Å². The number of hydrogen-bond acceptors (Lipinski definition) is 2. The number of nitrogens with one attached hydrogen (secondary N) is 1. The fourth-order valence-electron chi connectivity index (χ4n) is 0.925. The summed E-state index contributed by atoms with van der Waals surface area (Å²) in [5.41, 5.74) is -0.181. The minimum Gasteiger partial charge on any atom is -0.480 e. The minimum atomic E-state index is -1.18. The molecule has 15 heavy (non-hydrogen) atoms. The number of amides is 1. The third-order valence-electron chi connectivity index (χ3n) is 1.58. The van der Waals surface area contributed by atoms with E-state index in [-0.39, 0.29) is 5.56 Å². The highest BCUT2D eigenvalue weighted by Crippen LogP contribution is 2.14. The van der Waals surface area contributed by atoms with Gasteiger partial charge in [-0.3, -0.25) is 9.59 Å². The van der Waals surface area contributed by atoms with E-state index >= 15 is 0 Å². The highest BCUT2D eigenvalue weighted by molar-refractivity contribution is 9.10. The van der Waals surface area contributed by atoms with Gasteiger partial charge in [0.05, 0.1) is 5.56 Å². The molecule has 0 saturated heterocycles. The van der Waals surface area contributed by atoms with Crippen LogP contribution in [0.5, 0.6) is 0 Å². The molecule has 0 atom stereocenters. The molecule has 1 aromatic carbocycles. The lowest BCUT2D eigenvalue weighted by molar-refractivity contribution is -0.135. The maximum atomic E-state index is 13.2. The maximum Gasteiger partial charge on any atom is 0.322 e. The van der Waals surface area contributed by atoms with Crippen LogP contribution in [-0.2, 0) is 4.79 Å². The summed E-state index contributed by atoms with van der Waals surface area (Å²) in [6.07, 6.45) is 0. The Morgan fingerprint density at radius 3 is 2.67 bits per heavy atom. The number of benzene rings is 1. The van der Waals surface area contributed by atoms with Crippen LogP contribution in [-0.4, -0.2) is 23.5 Å². The van der Waals surface area contributed by atoms with Crippen LogP contribution in [0.1, 0.15) is 10.4 Å². The van der Waals surface area contributed by atoms with Gasteiger partial charge in [0, 0.05) is 4.47 Å². The maximum absolute atomic E-state index is 13.2. The van der Waals surface area contributed by atoms with Crippen molar-refractivity contribution < 1.29 is 19.1 Å². The number of halogens is 2. The van der Waals surface area contributed by atoms with E-state index in [4.69, 9.17) is 5.11 Å². The van der Waals surface area contributed by atoms with Crippen molar-refractivity contribution in [3.05, 3.63) is 34.1 Å². The molecule has 0 aliphatic rings. The first kappa shape index (κ1) is 11.6. The fourth-order valence-corrected chi connectivity index (χ4v) is 1.26. The number of hydrogen-bond donors (Lipinski definition) is 2. The van der Waals surface area contributed by atoms with Gasteiger partial charge < -0.3 is 10.4 Å². The molecule has 6 heteroatoms. The predicted octanol–water partition coefficient (Wildman–Crippen LogP) is 1.40. The van der Waals surface area contributed by atoms with Crippen LogP contribution < -0.4 is 5.32 Å². The van der Waals surface area contributed by atoms with E-state index in [1.807, 2.05) is 0 Å². The molecule has 0 unspecified atom stereocenters. The number of carboxylic acids is 1. The fraction of sp³-hybridized carbons (Fsp3) is 0.111. The van der Waals surface area contributed by atoms with E-state index in [1.54, 1.807) is 0 Å². The molecule has 0 heterocycles. The first-order chi connectivity index (χ1) is 7.00. The van der Waals surface area contributed by atoms with Crippen LogP contribution in [0.3, 0.4) is 0 Å². The van der Waals surface area contributed by atoms with Gasteiger partial charge in [-0.2, -0.15) is 0 Å². The van der Waals surface area contributed by atoms with Gasteiger partial charge in [-0.05, 0) is 18.2 Å². The molecule has 0 saturated carbocycles. The Labute approximate surface area is 93.2 Å². The lowest BCUT2D eigenvalue weighted by atomic mass is 10.2. The van der Waals surface area contributed by atoms with Crippen molar-refractivity contribution in [1.82, 2.24) is 5.32 Å². The van der Waals surface area contributed by atoms with Gasteiger partial charge in [-0.25, -0.2) is 4.39 Å². The average molecular weight is 276 g/mol. The molecule has 0 bridgehead atoms. The number of rotatable bonds is 3. The van der Waals surface area contributed by atoms with Gasteiger partial charge in [0.15, 0.2) is 0 Å². The molecule has 0 aliphatic carbocycles. The van der Waals surface area contributed by atoms with Crippen LogP contribution >= 0.6 is 15.9 Å². The Morgan fingerprint density at radius 1 is 1.47 bits per heavy atom. The molecule has 4 nitrogen and oxygen atoms in total. The van der Waals surface area contributed by atoms with Gasteiger partial charge in [-0.15, -0.1) is 0 Å². The largest absolute Gasteiger partial charge is 0.480 e. The van der Waals surface area contributed by atoms with Crippen LogP contribution in [0.4, 0.5) is 4.39 Å². The highest BCUT2D eigenvalue weighted by atomic mass is 79.9. The van der Waals surface area contributed by atoms with Gasteiger partial charge in [-0.1, -0.05) is 15.9 Å². The second-order valence-corrected chi connectivity index (χ2v) is 3.62. The Morgan fingerprint density at radius 2 is 2.13 bits per heavy atom. The number of carboxylic acid groups (broad SMARTS) is 1. The summed E-state index contributed by atoms with van der Waals surface area (Å²) in [5.74, 6) is -2.63. The van der Waals surface area contributed by atoms with Crippen LogP contribution in [0.2, 0.25) is 0 Å². The van der Waals surface area contributed by atoms with Crippen molar-refractivity contribution in [3.8, 4) is 0 Å². The van der Waals surface area contributed by atoms with Gasteiger partial charge in [0.2, 0.25) is 0 Å². The van der Waals surface area contributed by atoms with E-state index in [0.717, 1.165) is 6.07 Å². The lowest BCUT2D eigenvalue weighted by Gasteiger charge is -2.03. The Balaban J connectivity index is 2.78. The summed E-state index contributed by atoms with van der Waals surface area (Å²) < 4.78 is 13.7. The summed E-state index contributed by atoms with van der Waals surface area (Å²) >= 11 is 3.04. The monoisotopic (exact) mass is 275 g/mol. The van der Waals surface area contributed by atoms with Gasteiger partial charge in [0.1, 0.15) is 12.4 Å². The molecule has 1 rings (SSSR count). The third-order valence-corrected chi connectivity index (χ3v) is 2.07. The molecule has 0 aliphatic heterocycles.